The summed E-state index contributed by atoms with van der Waals surface area (Å²) in [5.41, 5.74) is 5.95. The lowest BCUT2D eigenvalue weighted by atomic mass is 9.84. The van der Waals surface area contributed by atoms with Crippen LogP contribution in [0.5, 0.6) is 0 Å². The third kappa shape index (κ3) is 2.96. The number of hydrogen-bond donors (Lipinski definition) is 2. The molecule has 0 radical (unpaired) electrons. The van der Waals surface area contributed by atoms with E-state index in [4.69, 9.17) is 5.73 Å². The molecule has 1 aliphatic carbocycles. The topological polar surface area (TPSA) is 93.8 Å². The molecule has 0 atom stereocenters. The normalized spacial score (nSPS) is 19.6. The second kappa shape index (κ2) is 7.10. The molecule has 3 aromatic heterocycles. The maximum atomic E-state index is 15.0. The summed E-state index contributed by atoms with van der Waals surface area (Å²) in [5, 5.41) is -0.0427. The van der Waals surface area contributed by atoms with Gasteiger partial charge in [-0.1, -0.05) is 0 Å². The van der Waals surface area contributed by atoms with E-state index in [2.05, 4.69) is 9.36 Å². The monoisotopic (exact) mass is 428 g/mol. The smallest absolute Gasteiger partial charge is 0.271 e. The van der Waals surface area contributed by atoms with Crippen LogP contribution in [0.2, 0.25) is 0 Å². The van der Waals surface area contributed by atoms with Crippen molar-refractivity contribution in [2.24, 2.45) is 5.73 Å². The van der Waals surface area contributed by atoms with Gasteiger partial charge in [0.1, 0.15) is 27.5 Å². The number of hydrogen-bond acceptors (Lipinski definition) is 5. The molecule has 1 fully saturated rings. The van der Waals surface area contributed by atoms with Crippen LogP contribution in [-0.4, -0.2) is 20.0 Å². The highest BCUT2D eigenvalue weighted by Gasteiger charge is 2.26. The van der Waals surface area contributed by atoms with Crippen LogP contribution in [0.15, 0.2) is 39.9 Å². The molecule has 3 N–H and O–H groups in total. The Labute approximate surface area is 173 Å². The van der Waals surface area contributed by atoms with Crippen LogP contribution < -0.4 is 16.7 Å². The van der Waals surface area contributed by atoms with Gasteiger partial charge in [-0.25, -0.2) is 13.8 Å². The molecule has 1 aliphatic rings. The summed E-state index contributed by atoms with van der Waals surface area (Å²) in [5.74, 6) is -1.07. The first kappa shape index (κ1) is 19.1. The van der Waals surface area contributed by atoms with Crippen LogP contribution in [0.25, 0.3) is 26.9 Å². The van der Waals surface area contributed by atoms with Gasteiger partial charge in [0.25, 0.3) is 5.56 Å². The zero-order valence-electron chi connectivity index (χ0n) is 15.8. The Morgan fingerprint density at radius 1 is 1.10 bits per heavy atom. The number of nitrogens with one attached hydrogen (secondary N) is 1. The van der Waals surface area contributed by atoms with E-state index < -0.39 is 22.6 Å². The van der Waals surface area contributed by atoms with E-state index in [0.29, 0.717) is 16.2 Å². The van der Waals surface area contributed by atoms with Gasteiger partial charge in [-0.3, -0.25) is 18.5 Å². The number of aromatic amines is 1. The van der Waals surface area contributed by atoms with Gasteiger partial charge in [-0.2, -0.15) is 0 Å². The summed E-state index contributed by atoms with van der Waals surface area (Å²) >= 11 is 0.996. The lowest BCUT2D eigenvalue weighted by Crippen LogP contribution is -2.26. The number of nitrogens with two attached hydrogens (primary N) is 1. The first-order valence-electron chi connectivity index (χ1n) is 9.72. The molecule has 0 aliphatic heterocycles. The quantitative estimate of drug-likeness (QED) is 0.511. The second-order valence-electron chi connectivity index (χ2n) is 7.69. The molecular weight excluding hydrogens is 410 g/mol. The van der Waals surface area contributed by atoms with Gasteiger partial charge >= 0.3 is 0 Å². The standard InChI is InChI=1S/C21H18F2N4O2S/c22-11-3-7-13(8-4-11)27-19-14(18(28)16-20(29)26-30-21(16)27)9-15(23)17(25-19)10-1-5-12(24)6-2-10/h3-4,7-10,12H,1-2,5-6,24H2,(H,26,29). The van der Waals surface area contributed by atoms with Gasteiger partial charge in [-0.05, 0) is 67.5 Å². The molecule has 0 unspecified atom stereocenters. The molecule has 0 saturated heterocycles. The van der Waals surface area contributed by atoms with Gasteiger partial charge in [0, 0.05) is 17.6 Å². The Balaban J connectivity index is 1.85. The molecule has 5 rings (SSSR count). The van der Waals surface area contributed by atoms with Crippen LogP contribution in [-0.2, 0) is 0 Å². The number of rotatable bonds is 2. The first-order chi connectivity index (χ1) is 14.4. The van der Waals surface area contributed by atoms with E-state index in [0.717, 1.165) is 37.2 Å². The number of nitrogens with zero attached hydrogens (tertiary/aromatic N) is 2. The number of pyridine rings is 2. The van der Waals surface area contributed by atoms with Crippen molar-refractivity contribution in [1.29, 1.82) is 0 Å². The fourth-order valence-corrected chi connectivity index (χ4v) is 5.08. The molecule has 0 amide bonds. The van der Waals surface area contributed by atoms with Crippen LogP contribution in [0.1, 0.15) is 37.3 Å². The summed E-state index contributed by atoms with van der Waals surface area (Å²) in [6, 6.07) is 6.92. The van der Waals surface area contributed by atoms with E-state index in [-0.39, 0.29) is 28.4 Å². The van der Waals surface area contributed by atoms with Crippen molar-refractivity contribution in [1.82, 2.24) is 13.9 Å². The highest BCUT2D eigenvalue weighted by atomic mass is 32.1. The predicted molar refractivity (Wildman–Crippen MR) is 112 cm³/mol. The van der Waals surface area contributed by atoms with Crippen LogP contribution in [0.3, 0.4) is 0 Å². The molecule has 4 aromatic rings. The minimum absolute atomic E-state index is 0.0180. The number of aromatic nitrogens is 3. The summed E-state index contributed by atoms with van der Waals surface area (Å²) < 4.78 is 32.7. The molecule has 0 bridgehead atoms. The number of fused-ring (bicyclic) bond motifs is 2. The number of halogens is 2. The molecule has 154 valence electrons. The van der Waals surface area contributed by atoms with Gasteiger partial charge in [-0.15, -0.1) is 0 Å². The molecular formula is C21H18F2N4O2S. The number of benzene rings is 1. The van der Waals surface area contributed by atoms with E-state index >= 15 is 4.39 Å². The Morgan fingerprint density at radius 3 is 2.50 bits per heavy atom. The van der Waals surface area contributed by atoms with Crippen molar-refractivity contribution in [2.45, 2.75) is 37.6 Å². The average molecular weight is 428 g/mol. The van der Waals surface area contributed by atoms with Crippen molar-refractivity contribution in [3.05, 3.63) is 68.2 Å². The summed E-state index contributed by atoms with van der Waals surface area (Å²) in [6.07, 6.45) is 3.01. The zero-order chi connectivity index (χ0) is 21.0. The molecule has 1 saturated carbocycles. The molecule has 1 aromatic carbocycles. The molecule has 0 spiro atoms. The van der Waals surface area contributed by atoms with E-state index in [9.17, 15) is 14.0 Å². The average Bonchev–Trinajstić information content (AvgIpc) is 3.12. The van der Waals surface area contributed by atoms with Crippen molar-refractivity contribution >= 4 is 32.8 Å². The molecule has 30 heavy (non-hydrogen) atoms. The fraction of sp³-hybridized carbons (Fsp3) is 0.286. The predicted octanol–water partition coefficient (Wildman–Crippen LogP) is 3.55. The van der Waals surface area contributed by atoms with E-state index in [1.54, 1.807) is 4.57 Å². The minimum atomic E-state index is -0.565. The van der Waals surface area contributed by atoms with Gasteiger partial charge in [0.15, 0.2) is 0 Å². The van der Waals surface area contributed by atoms with Crippen LogP contribution in [0.4, 0.5) is 8.78 Å². The minimum Gasteiger partial charge on any atom is -0.328 e. The molecule has 9 heteroatoms. The second-order valence-corrected chi connectivity index (χ2v) is 8.49. The summed E-state index contributed by atoms with van der Waals surface area (Å²) in [7, 11) is 0. The van der Waals surface area contributed by atoms with Crippen LogP contribution in [0, 0.1) is 11.6 Å². The third-order valence-corrected chi connectivity index (χ3v) is 6.66. The Bertz CT molecular complexity index is 1380. The summed E-state index contributed by atoms with van der Waals surface area (Å²) in [4.78, 5) is 30.2. The van der Waals surface area contributed by atoms with Crippen molar-refractivity contribution in [3.63, 3.8) is 0 Å². The van der Waals surface area contributed by atoms with Crippen molar-refractivity contribution < 1.29 is 8.78 Å². The summed E-state index contributed by atoms with van der Waals surface area (Å²) in [6.45, 7) is 0. The van der Waals surface area contributed by atoms with Gasteiger partial charge in [0.2, 0.25) is 5.43 Å². The largest absolute Gasteiger partial charge is 0.328 e. The molecule has 6 nitrogen and oxygen atoms in total. The van der Waals surface area contributed by atoms with Crippen molar-refractivity contribution in [3.8, 4) is 5.69 Å². The highest BCUT2D eigenvalue weighted by Crippen LogP contribution is 2.34. The van der Waals surface area contributed by atoms with Gasteiger partial charge in [0.05, 0.1) is 11.1 Å². The Kier molecular flexibility index (Phi) is 4.52. The lowest BCUT2D eigenvalue weighted by Gasteiger charge is -2.26. The third-order valence-electron chi connectivity index (χ3n) is 5.79. The maximum absolute atomic E-state index is 15.0. The van der Waals surface area contributed by atoms with E-state index in [1.807, 2.05) is 0 Å². The Hall–Kier alpha value is -2.91. The fourth-order valence-electron chi connectivity index (χ4n) is 4.22. The number of H-pyrrole nitrogens is 1. The van der Waals surface area contributed by atoms with Crippen molar-refractivity contribution in [2.75, 3.05) is 0 Å². The Morgan fingerprint density at radius 2 is 1.80 bits per heavy atom. The van der Waals surface area contributed by atoms with Crippen LogP contribution >= 0.6 is 11.5 Å². The highest BCUT2D eigenvalue weighted by molar-refractivity contribution is 7.12. The van der Waals surface area contributed by atoms with E-state index in [1.165, 1.54) is 30.3 Å². The first-order valence-corrected chi connectivity index (χ1v) is 10.5. The molecule has 3 heterocycles. The SMILES string of the molecule is NC1CCC(c2nc3c(cc2F)c(=O)c2c(=O)[nH]sc2n3-c2ccc(F)cc2)CC1. The zero-order valence-corrected chi connectivity index (χ0v) is 16.6. The van der Waals surface area contributed by atoms with Gasteiger partial charge < -0.3 is 5.73 Å². The maximum Gasteiger partial charge on any atom is 0.271 e. The lowest BCUT2D eigenvalue weighted by molar-refractivity contribution is 0.381.